The second kappa shape index (κ2) is 7.85. The molecule has 2 rings (SSSR count). The fraction of sp³-hybridized carbons (Fsp3) is 0.154. The highest BCUT2D eigenvalue weighted by molar-refractivity contribution is 7.13. The van der Waals surface area contributed by atoms with Crippen LogP contribution in [-0.4, -0.2) is 28.2 Å². The number of amides is 2. The summed E-state index contributed by atoms with van der Waals surface area (Å²) in [4.78, 5) is 23.0. The average molecular weight is 303 g/mol. The van der Waals surface area contributed by atoms with E-state index < -0.39 is 0 Å². The van der Waals surface area contributed by atoms with Gasteiger partial charge in [0, 0.05) is 12.8 Å². The van der Waals surface area contributed by atoms with Gasteiger partial charge in [-0.15, -0.1) is 10.2 Å². The molecule has 2 N–H and O–H groups in total. The van der Waals surface area contributed by atoms with E-state index in [0.717, 1.165) is 5.56 Å². The lowest BCUT2D eigenvalue weighted by Gasteiger charge is -2.00. The van der Waals surface area contributed by atoms with E-state index in [2.05, 4.69) is 26.0 Å². The maximum atomic E-state index is 11.5. The number of carbonyl (C=O) groups excluding carboxylic acids is 2. The summed E-state index contributed by atoms with van der Waals surface area (Å²) >= 11 is 1.22. The maximum absolute atomic E-state index is 11.5. The highest BCUT2D eigenvalue weighted by atomic mass is 32.1. The molecule has 0 atom stereocenters. The molecular weight excluding hydrogens is 290 g/mol. The molecule has 0 bridgehead atoms. The van der Waals surface area contributed by atoms with Gasteiger partial charge in [0.1, 0.15) is 5.51 Å². The highest BCUT2D eigenvalue weighted by Gasteiger charge is 2.07. The molecular formula is C13H13N5O2S. The Morgan fingerprint density at radius 3 is 2.67 bits per heavy atom. The maximum Gasteiger partial charge on any atom is 0.240 e. The fourth-order valence-electron chi connectivity index (χ4n) is 1.41. The largest absolute Gasteiger partial charge is 0.301 e. The Hall–Kier alpha value is -2.61. The van der Waals surface area contributed by atoms with Gasteiger partial charge in [-0.1, -0.05) is 41.7 Å². The second-order valence-corrected chi connectivity index (χ2v) is 4.83. The van der Waals surface area contributed by atoms with Crippen molar-refractivity contribution in [1.82, 2.24) is 15.6 Å². The van der Waals surface area contributed by atoms with Crippen LogP contribution in [0, 0.1) is 0 Å². The van der Waals surface area contributed by atoms with Gasteiger partial charge in [0.25, 0.3) is 0 Å². The number of anilines is 1. The van der Waals surface area contributed by atoms with Gasteiger partial charge in [0.2, 0.25) is 16.9 Å². The summed E-state index contributed by atoms with van der Waals surface area (Å²) in [5, 5.41) is 14.1. The minimum absolute atomic E-state index is 0.0523. The van der Waals surface area contributed by atoms with Crippen molar-refractivity contribution in [2.75, 3.05) is 5.32 Å². The van der Waals surface area contributed by atoms with Gasteiger partial charge in [-0.3, -0.25) is 9.59 Å². The molecule has 0 spiro atoms. The minimum Gasteiger partial charge on any atom is -0.301 e. The molecule has 0 fully saturated rings. The summed E-state index contributed by atoms with van der Waals surface area (Å²) in [5.41, 5.74) is 4.77. The molecule has 0 aliphatic rings. The van der Waals surface area contributed by atoms with Gasteiger partial charge in [0.05, 0.1) is 6.21 Å². The molecule has 8 heteroatoms. The zero-order chi connectivity index (χ0) is 14.9. The molecule has 1 aromatic heterocycles. The van der Waals surface area contributed by atoms with Crippen LogP contribution in [0.15, 0.2) is 40.9 Å². The van der Waals surface area contributed by atoms with Crippen LogP contribution in [-0.2, 0) is 9.59 Å². The first-order chi connectivity index (χ1) is 10.2. The Morgan fingerprint density at radius 1 is 1.19 bits per heavy atom. The zero-order valence-corrected chi connectivity index (χ0v) is 11.8. The van der Waals surface area contributed by atoms with Crippen molar-refractivity contribution in [3.05, 3.63) is 41.4 Å². The Kier molecular flexibility index (Phi) is 5.53. The molecule has 7 nitrogen and oxygen atoms in total. The lowest BCUT2D eigenvalue weighted by molar-refractivity contribution is -0.124. The number of hydrogen-bond acceptors (Lipinski definition) is 6. The van der Waals surface area contributed by atoms with Gasteiger partial charge >= 0.3 is 0 Å². The number of hydrazone groups is 1. The molecule has 0 unspecified atom stereocenters. The Bertz CT molecular complexity index is 613. The molecule has 0 aliphatic heterocycles. The second-order valence-electron chi connectivity index (χ2n) is 4.00. The van der Waals surface area contributed by atoms with Crippen LogP contribution < -0.4 is 10.7 Å². The Morgan fingerprint density at radius 2 is 1.95 bits per heavy atom. The molecule has 0 saturated carbocycles. The highest BCUT2D eigenvalue weighted by Crippen LogP contribution is 2.08. The monoisotopic (exact) mass is 303 g/mol. The number of hydrogen-bond donors (Lipinski definition) is 2. The van der Waals surface area contributed by atoms with Gasteiger partial charge in [-0.2, -0.15) is 5.10 Å². The molecule has 2 aromatic rings. The molecule has 0 saturated heterocycles. The number of nitrogens with one attached hydrogen (secondary N) is 2. The SMILES string of the molecule is O=C(CCC(=O)Nc1nncs1)N/N=C\c1ccccc1. The first-order valence-electron chi connectivity index (χ1n) is 6.17. The summed E-state index contributed by atoms with van der Waals surface area (Å²) in [7, 11) is 0. The van der Waals surface area contributed by atoms with E-state index in [9.17, 15) is 9.59 Å². The Labute approximate surface area is 125 Å². The molecule has 21 heavy (non-hydrogen) atoms. The van der Waals surface area contributed by atoms with Crippen molar-refractivity contribution in [2.45, 2.75) is 12.8 Å². The van der Waals surface area contributed by atoms with Gasteiger partial charge in [-0.05, 0) is 5.56 Å². The van der Waals surface area contributed by atoms with E-state index in [-0.39, 0.29) is 24.7 Å². The van der Waals surface area contributed by atoms with Crippen molar-refractivity contribution >= 4 is 34.5 Å². The fourth-order valence-corrected chi connectivity index (χ4v) is 1.87. The quantitative estimate of drug-likeness (QED) is 0.623. The van der Waals surface area contributed by atoms with Crippen molar-refractivity contribution in [1.29, 1.82) is 0 Å². The first kappa shape index (κ1) is 14.8. The number of rotatable bonds is 6. The summed E-state index contributed by atoms with van der Waals surface area (Å²) in [6.07, 6.45) is 1.66. The first-order valence-corrected chi connectivity index (χ1v) is 7.05. The van der Waals surface area contributed by atoms with E-state index in [1.54, 1.807) is 6.21 Å². The molecule has 0 aliphatic carbocycles. The summed E-state index contributed by atoms with van der Waals surface area (Å²) in [6.45, 7) is 0. The topological polar surface area (TPSA) is 96.3 Å². The molecule has 1 aromatic carbocycles. The van der Waals surface area contributed by atoms with Crippen LogP contribution in [0.5, 0.6) is 0 Å². The van der Waals surface area contributed by atoms with Crippen LogP contribution in [0.1, 0.15) is 18.4 Å². The van der Waals surface area contributed by atoms with Crippen LogP contribution in [0.25, 0.3) is 0 Å². The number of carbonyl (C=O) groups is 2. The lowest BCUT2D eigenvalue weighted by atomic mass is 10.2. The molecule has 2 amide bonds. The molecule has 108 valence electrons. The van der Waals surface area contributed by atoms with Crippen molar-refractivity contribution in [2.24, 2.45) is 5.10 Å². The lowest BCUT2D eigenvalue weighted by Crippen LogP contribution is -2.20. The van der Waals surface area contributed by atoms with Gasteiger partial charge in [-0.25, -0.2) is 5.43 Å². The van der Waals surface area contributed by atoms with Crippen LogP contribution in [0.2, 0.25) is 0 Å². The zero-order valence-electron chi connectivity index (χ0n) is 11.0. The predicted octanol–water partition coefficient (Wildman–Crippen LogP) is 1.41. The van der Waals surface area contributed by atoms with Crippen LogP contribution >= 0.6 is 11.3 Å². The van der Waals surface area contributed by atoms with Crippen molar-refractivity contribution in [3.63, 3.8) is 0 Å². The average Bonchev–Trinajstić information content (AvgIpc) is 2.99. The summed E-state index contributed by atoms with van der Waals surface area (Å²) in [6, 6.07) is 9.38. The minimum atomic E-state index is -0.324. The number of aromatic nitrogens is 2. The molecule has 0 radical (unpaired) electrons. The van der Waals surface area contributed by atoms with E-state index in [1.807, 2.05) is 30.3 Å². The smallest absolute Gasteiger partial charge is 0.240 e. The van der Waals surface area contributed by atoms with Gasteiger partial charge < -0.3 is 5.32 Å². The summed E-state index contributed by atoms with van der Waals surface area (Å²) < 4.78 is 0. The standard InChI is InChI=1S/C13H13N5O2S/c19-11(16-13-18-15-9-21-13)6-7-12(20)17-14-8-10-4-2-1-3-5-10/h1-5,8-9H,6-7H2,(H,17,20)(H,16,18,19)/b14-8-. The molecule has 1 heterocycles. The van der Waals surface area contributed by atoms with Crippen LogP contribution in [0.3, 0.4) is 0 Å². The third kappa shape index (κ3) is 5.49. The third-order valence-electron chi connectivity index (χ3n) is 2.39. The number of benzene rings is 1. The van der Waals surface area contributed by atoms with Crippen molar-refractivity contribution < 1.29 is 9.59 Å². The van der Waals surface area contributed by atoms with E-state index in [4.69, 9.17) is 0 Å². The Balaban J connectivity index is 1.68. The van der Waals surface area contributed by atoms with E-state index in [0.29, 0.717) is 5.13 Å². The van der Waals surface area contributed by atoms with E-state index in [1.165, 1.54) is 16.8 Å². The number of nitrogens with zero attached hydrogens (tertiary/aromatic N) is 3. The predicted molar refractivity (Wildman–Crippen MR) is 80.0 cm³/mol. The summed E-state index contributed by atoms with van der Waals surface area (Å²) in [5.74, 6) is -0.608. The van der Waals surface area contributed by atoms with Crippen LogP contribution in [0.4, 0.5) is 5.13 Å². The van der Waals surface area contributed by atoms with E-state index >= 15 is 0 Å². The normalized spacial score (nSPS) is 10.5. The van der Waals surface area contributed by atoms with Crippen molar-refractivity contribution in [3.8, 4) is 0 Å². The third-order valence-corrected chi connectivity index (χ3v) is 2.99. The van der Waals surface area contributed by atoms with Gasteiger partial charge in [0.15, 0.2) is 0 Å².